The summed E-state index contributed by atoms with van der Waals surface area (Å²) in [7, 11) is 1.51. The summed E-state index contributed by atoms with van der Waals surface area (Å²) < 4.78 is 0. The van der Waals surface area contributed by atoms with Gasteiger partial charge in [-0.3, -0.25) is 14.5 Å². The summed E-state index contributed by atoms with van der Waals surface area (Å²) in [5.41, 5.74) is -1.01. The zero-order valence-corrected chi connectivity index (χ0v) is 10.2. The number of carbonyl (C=O) groups is 3. The Kier molecular flexibility index (Phi) is 3.72. The number of hydrogen-bond acceptors (Lipinski definition) is 4. The molecule has 1 heterocycles. The smallest absolute Gasteiger partial charge is 0.325 e. The molecule has 2 N–H and O–H groups in total. The number of nitrogens with zero attached hydrogens (tertiary/aromatic N) is 2. The predicted octanol–water partition coefficient (Wildman–Crippen LogP) is -1.23. The zero-order chi connectivity index (χ0) is 13.2. The largest absolute Gasteiger partial charge is 0.389 e. The van der Waals surface area contributed by atoms with E-state index in [1.165, 1.54) is 11.9 Å². The number of nitrogens with one attached hydrogen (secondary N) is 1. The van der Waals surface area contributed by atoms with Gasteiger partial charge in [-0.2, -0.15) is 0 Å². The van der Waals surface area contributed by atoms with Gasteiger partial charge in [-0.1, -0.05) is 0 Å². The Morgan fingerprint density at radius 1 is 1.53 bits per heavy atom. The molecule has 0 aliphatic carbocycles. The zero-order valence-electron chi connectivity index (χ0n) is 10.2. The predicted molar refractivity (Wildman–Crippen MR) is 59.0 cm³/mol. The molecule has 0 aromatic rings. The number of carbonyl (C=O) groups excluding carboxylic acids is 3. The Labute approximate surface area is 99.4 Å². The topological polar surface area (TPSA) is 89.9 Å². The Balaban J connectivity index is 2.54. The third-order valence-corrected chi connectivity index (χ3v) is 2.28. The van der Waals surface area contributed by atoms with Crippen LogP contribution in [-0.2, 0) is 9.59 Å². The highest BCUT2D eigenvalue weighted by molar-refractivity contribution is 6.04. The van der Waals surface area contributed by atoms with Gasteiger partial charge in [0.2, 0.25) is 5.91 Å². The molecular formula is C10H17N3O4. The van der Waals surface area contributed by atoms with Gasteiger partial charge in [0.05, 0.1) is 12.1 Å². The molecule has 0 radical (unpaired) electrons. The molecule has 7 heteroatoms. The minimum Gasteiger partial charge on any atom is -0.389 e. The number of imide groups is 1. The first-order valence-corrected chi connectivity index (χ1v) is 5.25. The van der Waals surface area contributed by atoms with E-state index in [0.29, 0.717) is 0 Å². The number of amides is 4. The van der Waals surface area contributed by atoms with Crippen molar-refractivity contribution in [3.8, 4) is 0 Å². The van der Waals surface area contributed by atoms with Gasteiger partial charge in [-0.25, -0.2) is 4.79 Å². The summed E-state index contributed by atoms with van der Waals surface area (Å²) in [6, 6.07) is -0.556. The quantitative estimate of drug-likeness (QED) is 0.605. The number of likely N-dealkylation sites (N-methyl/N-ethyl adjacent to an activating group) is 1. The van der Waals surface area contributed by atoms with E-state index in [2.05, 4.69) is 5.32 Å². The maximum absolute atomic E-state index is 11.7. The number of rotatable bonds is 4. The fraction of sp³-hybridized carbons (Fsp3) is 0.700. The van der Waals surface area contributed by atoms with Crippen LogP contribution in [0.4, 0.5) is 4.79 Å². The second-order valence-corrected chi connectivity index (χ2v) is 4.70. The molecule has 0 unspecified atom stereocenters. The Morgan fingerprint density at radius 3 is 2.53 bits per heavy atom. The van der Waals surface area contributed by atoms with Crippen molar-refractivity contribution in [2.24, 2.45) is 0 Å². The van der Waals surface area contributed by atoms with E-state index in [0.717, 1.165) is 4.90 Å². The van der Waals surface area contributed by atoms with Gasteiger partial charge in [-0.15, -0.1) is 0 Å². The maximum Gasteiger partial charge on any atom is 0.325 e. The van der Waals surface area contributed by atoms with Crippen LogP contribution in [0.5, 0.6) is 0 Å². The molecule has 1 saturated heterocycles. The first kappa shape index (κ1) is 13.4. The summed E-state index contributed by atoms with van der Waals surface area (Å²) in [4.78, 5) is 36.3. The first-order chi connectivity index (χ1) is 7.70. The first-order valence-electron chi connectivity index (χ1n) is 5.25. The molecule has 4 amide bonds. The molecule has 96 valence electrons. The lowest BCUT2D eigenvalue weighted by Gasteiger charge is -2.26. The average molecular weight is 243 g/mol. The van der Waals surface area contributed by atoms with Gasteiger partial charge in [0.1, 0.15) is 6.54 Å². The van der Waals surface area contributed by atoms with Crippen LogP contribution in [0.15, 0.2) is 0 Å². The monoisotopic (exact) mass is 243 g/mol. The van der Waals surface area contributed by atoms with E-state index in [-0.39, 0.29) is 19.6 Å². The Hall–Kier alpha value is -1.63. The standard InChI is InChI=1S/C10H17N3O4/c1-10(2,17)6-12(3)8(15)5-13-7(14)4-11-9(13)16/h17H,4-6H2,1-3H3,(H,11,16). The average Bonchev–Trinajstić information content (AvgIpc) is 2.46. The van der Waals surface area contributed by atoms with Crippen LogP contribution >= 0.6 is 0 Å². The lowest BCUT2D eigenvalue weighted by molar-refractivity contribution is -0.137. The molecule has 0 aromatic carbocycles. The highest BCUT2D eigenvalue weighted by atomic mass is 16.3. The summed E-state index contributed by atoms with van der Waals surface area (Å²) in [6.45, 7) is 2.92. The van der Waals surface area contributed by atoms with E-state index in [1.807, 2.05) is 0 Å². The van der Waals surface area contributed by atoms with Crippen molar-refractivity contribution in [2.75, 3.05) is 26.7 Å². The molecular weight excluding hydrogens is 226 g/mol. The normalized spacial score (nSPS) is 16.1. The summed E-state index contributed by atoms with van der Waals surface area (Å²) in [6.07, 6.45) is 0. The summed E-state index contributed by atoms with van der Waals surface area (Å²) >= 11 is 0. The van der Waals surface area contributed by atoms with Crippen molar-refractivity contribution in [3.63, 3.8) is 0 Å². The maximum atomic E-state index is 11.7. The minimum atomic E-state index is -1.01. The van der Waals surface area contributed by atoms with Gasteiger partial charge < -0.3 is 15.3 Å². The van der Waals surface area contributed by atoms with E-state index in [9.17, 15) is 19.5 Å². The summed E-state index contributed by atoms with van der Waals surface area (Å²) in [5, 5.41) is 11.9. The highest BCUT2D eigenvalue weighted by Gasteiger charge is 2.31. The summed E-state index contributed by atoms with van der Waals surface area (Å²) in [5.74, 6) is -0.808. The van der Waals surface area contributed by atoms with E-state index in [1.54, 1.807) is 13.8 Å². The molecule has 1 fully saturated rings. The third-order valence-electron chi connectivity index (χ3n) is 2.28. The Bertz CT molecular complexity index is 332. The molecule has 0 atom stereocenters. The van der Waals surface area contributed by atoms with Gasteiger partial charge in [-0.05, 0) is 13.8 Å². The van der Waals surface area contributed by atoms with Crippen LogP contribution in [0.2, 0.25) is 0 Å². The number of urea groups is 1. The highest BCUT2D eigenvalue weighted by Crippen LogP contribution is 2.05. The molecule has 0 saturated carbocycles. The van der Waals surface area contributed by atoms with Crippen molar-refractivity contribution in [1.29, 1.82) is 0 Å². The fourth-order valence-corrected chi connectivity index (χ4v) is 1.54. The molecule has 0 aromatic heterocycles. The minimum absolute atomic E-state index is 0.0681. The van der Waals surface area contributed by atoms with Gasteiger partial charge in [0.25, 0.3) is 5.91 Å². The molecule has 0 bridgehead atoms. The third kappa shape index (κ3) is 3.70. The van der Waals surface area contributed by atoms with Crippen LogP contribution < -0.4 is 5.32 Å². The molecule has 0 spiro atoms. The van der Waals surface area contributed by atoms with Crippen molar-refractivity contribution in [1.82, 2.24) is 15.1 Å². The van der Waals surface area contributed by atoms with Crippen molar-refractivity contribution < 1.29 is 19.5 Å². The van der Waals surface area contributed by atoms with Gasteiger partial charge in [0.15, 0.2) is 0 Å². The van der Waals surface area contributed by atoms with Crippen molar-refractivity contribution in [3.05, 3.63) is 0 Å². The van der Waals surface area contributed by atoms with Crippen molar-refractivity contribution in [2.45, 2.75) is 19.4 Å². The Morgan fingerprint density at radius 2 is 2.12 bits per heavy atom. The number of hydrogen-bond donors (Lipinski definition) is 2. The molecule has 7 nitrogen and oxygen atoms in total. The fourth-order valence-electron chi connectivity index (χ4n) is 1.54. The van der Waals surface area contributed by atoms with E-state index >= 15 is 0 Å². The molecule has 1 rings (SSSR count). The second kappa shape index (κ2) is 4.70. The van der Waals surface area contributed by atoms with Crippen LogP contribution in [0.25, 0.3) is 0 Å². The SMILES string of the molecule is CN(CC(C)(C)O)C(=O)CN1C(=O)CNC1=O. The van der Waals surface area contributed by atoms with E-state index in [4.69, 9.17) is 0 Å². The van der Waals surface area contributed by atoms with Crippen LogP contribution in [0.3, 0.4) is 0 Å². The molecule has 17 heavy (non-hydrogen) atoms. The lowest BCUT2D eigenvalue weighted by atomic mass is 10.1. The second-order valence-electron chi connectivity index (χ2n) is 4.70. The molecule has 1 aliphatic heterocycles. The van der Waals surface area contributed by atoms with Gasteiger partial charge >= 0.3 is 6.03 Å². The van der Waals surface area contributed by atoms with Crippen LogP contribution in [-0.4, -0.2) is 65.0 Å². The van der Waals surface area contributed by atoms with Crippen molar-refractivity contribution >= 4 is 17.8 Å². The van der Waals surface area contributed by atoms with Crippen LogP contribution in [0.1, 0.15) is 13.8 Å². The van der Waals surface area contributed by atoms with Gasteiger partial charge in [0, 0.05) is 13.6 Å². The molecule has 1 aliphatic rings. The lowest BCUT2D eigenvalue weighted by Crippen LogP contribution is -2.45. The van der Waals surface area contributed by atoms with E-state index < -0.39 is 23.4 Å². The van der Waals surface area contributed by atoms with Crippen LogP contribution in [0, 0.1) is 0 Å². The number of aliphatic hydroxyl groups is 1.